The van der Waals surface area contributed by atoms with E-state index in [4.69, 9.17) is 0 Å². The van der Waals surface area contributed by atoms with Gasteiger partial charge in [0.05, 0.1) is 6.10 Å². The van der Waals surface area contributed by atoms with Crippen LogP contribution in [-0.2, 0) is 0 Å². The molecule has 3 atom stereocenters. The van der Waals surface area contributed by atoms with Gasteiger partial charge in [0.1, 0.15) is 0 Å². The van der Waals surface area contributed by atoms with Crippen molar-refractivity contribution in [3.63, 3.8) is 0 Å². The lowest BCUT2D eigenvalue weighted by molar-refractivity contribution is -0.0573. The smallest absolute Gasteiger partial charge is 0.0544 e. The minimum absolute atomic E-state index is 0.0275. The first-order valence-corrected chi connectivity index (χ1v) is 11.1. The Morgan fingerprint density at radius 2 is 1.54 bits per heavy atom. The van der Waals surface area contributed by atoms with E-state index in [-0.39, 0.29) is 6.10 Å². The van der Waals surface area contributed by atoms with Gasteiger partial charge in [-0.3, -0.25) is 4.90 Å². The molecule has 2 nitrogen and oxygen atoms in total. The van der Waals surface area contributed by atoms with Gasteiger partial charge in [-0.15, -0.1) is 0 Å². The van der Waals surface area contributed by atoms with E-state index in [0.717, 1.165) is 18.8 Å². The van der Waals surface area contributed by atoms with Crippen LogP contribution >= 0.6 is 0 Å². The monoisotopic (exact) mass is 337 g/mol. The fraction of sp³-hybridized carbons (Fsp3) is 1.00. The largest absolute Gasteiger partial charge is 0.393 e. The zero-order chi connectivity index (χ0) is 17.3. The molecule has 0 unspecified atom stereocenters. The molecule has 2 heteroatoms. The molecule has 0 aromatic heterocycles. The van der Waals surface area contributed by atoms with Gasteiger partial charge in [-0.05, 0) is 64.5 Å². The van der Waals surface area contributed by atoms with Crippen molar-refractivity contribution < 1.29 is 5.11 Å². The van der Waals surface area contributed by atoms with Gasteiger partial charge in [0, 0.05) is 5.54 Å². The van der Waals surface area contributed by atoms with Gasteiger partial charge in [-0.25, -0.2) is 0 Å². The van der Waals surface area contributed by atoms with Gasteiger partial charge < -0.3 is 5.11 Å². The number of aliphatic hydroxyl groups is 1. The maximum Gasteiger partial charge on any atom is 0.0544 e. The standard InChI is InChI=1S/C22H43NO/c1-3-4-5-6-7-8-9-10-11-12-17-23-18-13-14-20-19-21(24)15-16-22(20,23)2/h20-21,24H,3-19H2,1-2H3/t20-,21-,22-/m0/s1. The highest BCUT2D eigenvalue weighted by Gasteiger charge is 2.45. The van der Waals surface area contributed by atoms with Crippen molar-refractivity contribution in [3.05, 3.63) is 0 Å². The number of aliphatic hydroxyl groups excluding tert-OH is 1. The molecule has 2 aliphatic rings. The molecule has 24 heavy (non-hydrogen) atoms. The second-order valence-corrected chi connectivity index (χ2v) is 8.79. The summed E-state index contributed by atoms with van der Waals surface area (Å²) < 4.78 is 0. The van der Waals surface area contributed by atoms with Crippen LogP contribution in [0.2, 0.25) is 0 Å². The number of fused-ring (bicyclic) bond motifs is 1. The highest BCUT2D eigenvalue weighted by Crippen LogP contribution is 2.43. The quantitative estimate of drug-likeness (QED) is 0.473. The molecule has 1 N–H and O–H groups in total. The summed E-state index contributed by atoms with van der Waals surface area (Å²) in [7, 11) is 0. The van der Waals surface area contributed by atoms with E-state index < -0.39 is 0 Å². The summed E-state index contributed by atoms with van der Waals surface area (Å²) in [5.74, 6) is 0.734. The number of piperidine rings is 1. The molecule has 1 saturated heterocycles. The molecule has 0 spiro atoms. The molecule has 0 aromatic carbocycles. The lowest BCUT2D eigenvalue weighted by Gasteiger charge is -2.54. The third kappa shape index (κ3) is 6.02. The highest BCUT2D eigenvalue weighted by molar-refractivity contribution is 5.00. The lowest BCUT2D eigenvalue weighted by atomic mass is 9.67. The van der Waals surface area contributed by atoms with Crippen molar-refractivity contribution in [2.75, 3.05) is 13.1 Å². The fourth-order valence-corrected chi connectivity index (χ4v) is 5.15. The average molecular weight is 338 g/mol. The number of hydrogen-bond donors (Lipinski definition) is 1. The van der Waals surface area contributed by atoms with Crippen molar-refractivity contribution >= 4 is 0 Å². The summed E-state index contributed by atoms with van der Waals surface area (Å²) in [6.45, 7) is 7.36. The SMILES string of the molecule is CCCCCCCCCCCCN1CCC[C@H]2C[C@@H](O)CC[C@@]21C. The summed E-state index contributed by atoms with van der Waals surface area (Å²) in [6, 6.07) is 0. The minimum atomic E-state index is -0.0275. The van der Waals surface area contributed by atoms with E-state index >= 15 is 0 Å². The maximum atomic E-state index is 9.99. The number of nitrogens with zero attached hydrogens (tertiary/aromatic N) is 1. The van der Waals surface area contributed by atoms with Crippen LogP contribution in [0, 0.1) is 5.92 Å². The zero-order valence-electron chi connectivity index (χ0n) is 16.6. The lowest BCUT2D eigenvalue weighted by Crippen LogP contribution is -2.58. The molecule has 2 rings (SSSR count). The Morgan fingerprint density at radius 3 is 2.21 bits per heavy atom. The van der Waals surface area contributed by atoms with Crippen LogP contribution in [0.4, 0.5) is 0 Å². The first kappa shape index (κ1) is 20.2. The molecule has 0 amide bonds. The predicted octanol–water partition coefficient (Wildman–Crippen LogP) is 5.92. The summed E-state index contributed by atoms with van der Waals surface area (Å²) >= 11 is 0. The van der Waals surface area contributed by atoms with Crippen LogP contribution < -0.4 is 0 Å². The van der Waals surface area contributed by atoms with Gasteiger partial charge in [0.15, 0.2) is 0 Å². The van der Waals surface area contributed by atoms with E-state index in [2.05, 4.69) is 18.7 Å². The average Bonchev–Trinajstić information content (AvgIpc) is 2.57. The molecule has 2 fully saturated rings. The van der Waals surface area contributed by atoms with E-state index in [1.807, 2.05) is 0 Å². The first-order valence-electron chi connectivity index (χ1n) is 11.1. The molecule has 142 valence electrons. The number of rotatable bonds is 11. The van der Waals surface area contributed by atoms with Crippen LogP contribution in [-0.4, -0.2) is 34.7 Å². The molecule has 0 bridgehead atoms. The molecule has 1 saturated carbocycles. The van der Waals surface area contributed by atoms with Gasteiger partial charge in [0.2, 0.25) is 0 Å². The Labute approximate surface area is 151 Å². The molecule has 1 aliphatic carbocycles. The molecule has 0 radical (unpaired) electrons. The Balaban J connectivity index is 1.55. The van der Waals surface area contributed by atoms with Crippen molar-refractivity contribution in [2.45, 2.75) is 122 Å². The van der Waals surface area contributed by atoms with Crippen molar-refractivity contribution in [3.8, 4) is 0 Å². The molecular formula is C22H43NO. The van der Waals surface area contributed by atoms with Crippen LogP contribution in [0.15, 0.2) is 0 Å². The third-order valence-corrected chi connectivity index (χ3v) is 6.90. The molecule has 1 heterocycles. The summed E-state index contributed by atoms with van der Waals surface area (Å²) in [4.78, 5) is 2.79. The van der Waals surface area contributed by atoms with Gasteiger partial charge in [-0.1, -0.05) is 64.7 Å². The van der Waals surface area contributed by atoms with Gasteiger partial charge >= 0.3 is 0 Å². The second kappa shape index (κ2) is 10.8. The van der Waals surface area contributed by atoms with Crippen LogP contribution in [0.1, 0.15) is 110 Å². The Bertz CT molecular complexity index is 332. The normalized spacial score (nSPS) is 31.1. The number of unbranched alkanes of at least 4 members (excludes halogenated alkanes) is 9. The number of likely N-dealkylation sites (tertiary alicyclic amines) is 1. The van der Waals surface area contributed by atoms with E-state index in [1.54, 1.807) is 0 Å². The van der Waals surface area contributed by atoms with Crippen molar-refractivity contribution in [1.29, 1.82) is 0 Å². The van der Waals surface area contributed by atoms with Crippen LogP contribution in [0.3, 0.4) is 0 Å². The predicted molar refractivity (Wildman–Crippen MR) is 104 cm³/mol. The maximum absolute atomic E-state index is 9.99. The highest BCUT2D eigenvalue weighted by atomic mass is 16.3. The van der Waals surface area contributed by atoms with Crippen molar-refractivity contribution in [2.24, 2.45) is 5.92 Å². The Kier molecular flexibility index (Phi) is 9.11. The van der Waals surface area contributed by atoms with E-state index in [9.17, 15) is 5.11 Å². The topological polar surface area (TPSA) is 23.5 Å². The molecule has 1 aliphatic heterocycles. The van der Waals surface area contributed by atoms with Crippen LogP contribution in [0.5, 0.6) is 0 Å². The number of hydrogen-bond acceptors (Lipinski definition) is 2. The first-order chi connectivity index (χ1) is 11.7. The molecular weight excluding hydrogens is 294 g/mol. The second-order valence-electron chi connectivity index (χ2n) is 8.79. The Hall–Kier alpha value is -0.0800. The zero-order valence-corrected chi connectivity index (χ0v) is 16.6. The minimum Gasteiger partial charge on any atom is -0.393 e. The van der Waals surface area contributed by atoms with Crippen LogP contribution in [0.25, 0.3) is 0 Å². The summed E-state index contributed by atoms with van der Waals surface area (Å²) in [5.41, 5.74) is 0.386. The van der Waals surface area contributed by atoms with Gasteiger partial charge in [0.25, 0.3) is 0 Å². The van der Waals surface area contributed by atoms with Gasteiger partial charge in [-0.2, -0.15) is 0 Å². The van der Waals surface area contributed by atoms with E-state index in [1.165, 1.54) is 96.6 Å². The van der Waals surface area contributed by atoms with Crippen molar-refractivity contribution in [1.82, 2.24) is 4.90 Å². The van der Waals surface area contributed by atoms with E-state index in [0.29, 0.717) is 5.54 Å². The Morgan fingerprint density at radius 1 is 0.917 bits per heavy atom. The molecule has 0 aromatic rings. The summed E-state index contributed by atoms with van der Waals surface area (Å²) in [5, 5.41) is 9.99. The fourth-order valence-electron chi connectivity index (χ4n) is 5.15. The third-order valence-electron chi connectivity index (χ3n) is 6.90. The summed E-state index contributed by atoms with van der Waals surface area (Å²) in [6.07, 6.45) is 20.2.